The standard InChI is InChI=1S/C28H29N3O3S/c1-33-19-25(20-7-4-3-5-8-20)30-13-15-31(16-14-30)28(32)22-10-6-9-21(17-22)27-29-24-12-11-23(34-2)18-26(24)35-27/h3-12,17-18,25H,13-16,19H2,1-2H3. The number of carbonyl (C=O) groups excluding carboxylic acids is 1. The summed E-state index contributed by atoms with van der Waals surface area (Å²) in [6, 6.07) is 24.3. The number of nitrogens with zero attached hydrogens (tertiary/aromatic N) is 3. The maximum absolute atomic E-state index is 13.4. The fourth-order valence-corrected chi connectivity index (χ4v) is 5.60. The smallest absolute Gasteiger partial charge is 0.253 e. The van der Waals surface area contributed by atoms with Gasteiger partial charge in [0.25, 0.3) is 5.91 Å². The van der Waals surface area contributed by atoms with Crippen LogP contribution in [0.25, 0.3) is 20.8 Å². The summed E-state index contributed by atoms with van der Waals surface area (Å²) in [6.45, 7) is 3.64. The molecule has 6 nitrogen and oxygen atoms in total. The van der Waals surface area contributed by atoms with Gasteiger partial charge in [0.05, 0.1) is 30.0 Å². The van der Waals surface area contributed by atoms with Crippen LogP contribution < -0.4 is 4.74 Å². The zero-order valence-electron chi connectivity index (χ0n) is 20.0. The van der Waals surface area contributed by atoms with Gasteiger partial charge in [-0.2, -0.15) is 0 Å². The Hall–Kier alpha value is -3.26. The Kier molecular flexibility index (Phi) is 7.08. The average molecular weight is 488 g/mol. The van der Waals surface area contributed by atoms with Crippen molar-refractivity contribution < 1.29 is 14.3 Å². The van der Waals surface area contributed by atoms with Gasteiger partial charge in [0.15, 0.2) is 0 Å². The van der Waals surface area contributed by atoms with Crippen molar-refractivity contribution in [2.45, 2.75) is 6.04 Å². The molecule has 1 aliphatic rings. The Morgan fingerprint density at radius 2 is 1.77 bits per heavy atom. The van der Waals surface area contributed by atoms with E-state index in [4.69, 9.17) is 14.5 Å². The first-order chi connectivity index (χ1) is 17.2. The highest BCUT2D eigenvalue weighted by Crippen LogP contribution is 2.33. The molecule has 5 rings (SSSR count). The van der Waals surface area contributed by atoms with Crippen LogP contribution in [0.3, 0.4) is 0 Å². The van der Waals surface area contributed by atoms with Gasteiger partial charge in [0, 0.05) is 44.4 Å². The number of carbonyl (C=O) groups is 1. The summed E-state index contributed by atoms with van der Waals surface area (Å²) in [5.41, 5.74) is 3.83. The molecule has 1 aliphatic heterocycles. The molecule has 35 heavy (non-hydrogen) atoms. The van der Waals surface area contributed by atoms with Crippen LogP contribution in [0.4, 0.5) is 0 Å². The summed E-state index contributed by atoms with van der Waals surface area (Å²) < 4.78 is 11.9. The van der Waals surface area contributed by atoms with Crippen LogP contribution in [0.5, 0.6) is 5.75 Å². The minimum absolute atomic E-state index is 0.0669. The van der Waals surface area contributed by atoms with Crippen molar-refractivity contribution in [2.75, 3.05) is 47.0 Å². The minimum atomic E-state index is 0.0669. The SMILES string of the molecule is COCC(c1ccccc1)N1CCN(C(=O)c2cccc(-c3nc4ccc(OC)cc4s3)c2)CC1. The lowest BCUT2D eigenvalue weighted by atomic mass is 10.0. The zero-order chi connectivity index (χ0) is 24.2. The summed E-state index contributed by atoms with van der Waals surface area (Å²) in [7, 11) is 3.40. The molecule has 1 unspecified atom stereocenters. The molecular formula is C28H29N3O3S. The third-order valence-electron chi connectivity index (χ3n) is 6.50. The van der Waals surface area contributed by atoms with E-state index in [2.05, 4.69) is 29.2 Å². The molecule has 1 amide bonds. The van der Waals surface area contributed by atoms with E-state index >= 15 is 0 Å². The summed E-state index contributed by atoms with van der Waals surface area (Å²) in [5, 5.41) is 0.901. The van der Waals surface area contributed by atoms with Crippen molar-refractivity contribution in [3.05, 3.63) is 83.9 Å². The Balaban J connectivity index is 1.29. The molecule has 1 saturated heterocycles. The molecule has 0 spiro atoms. The monoisotopic (exact) mass is 487 g/mol. The Morgan fingerprint density at radius 3 is 2.51 bits per heavy atom. The average Bonchev–Trinajstić information content (AvgIpc) is 3.35. The van der Waals surface area contributed by atoms with E-state index in [1.165, 1.54) is 5.56 Å². The summed E-state index contributed by atoms with van der Waals surface area (Å²) in [4.78, 5) is 22.5. The van der Waals surface area contributed by atoms with Crippen molar-refractivity contribution in [1.82, 2.24) is 14.8 Å². The number of hydrogen-bond donors (Lipinski definition) is 0. The third-order valence-corrected chi connectivity index (χ3v) is 7.57. The molecule has 180 valence electrons. The van der Waals surface area contributed by atoms with Gasteiger partial charge in [0.2, 0.25) is 0 Å². The van der Waals surface area contributed by atoms with Crippen LogP contribution in [0.15, 0.2) is 72.8 Å². The number of hydrogen-bond acceptors (Lipinski definition) is 6. The van der Waals surface area contributed by atoms with Crippen LogP contribution in [0.1, 0.15) is 22.0 Å². The normalized spacial score (nSPS) is 15.3. The van der Waals surface area contributed by atoms with Gasteiger partial charge in [-0.1, -0.05) is 42.5 Å². The van der Waals surface area contributed by atoms with Gasteiger partial charge in [-0.25, -0.2) is 4.98 Å². The number of benzene rings is 3. The van der Waals surface area contributed by atoms with E-state index in [1.54, 1.807) is 25.6 Å². The van der Waals surface area contributed by atoms with Crippen LogP contribution in [0.2, 0.25) is 0 Å². The largest absolute Gasteiger partial charge is 0.497 e. The van der Waals surface area contributed by atoms with E-state index < -0.39 is 0 Å². The topological polar surface area (TPSA) is 54.9 Å². The molecule has 7 heteroatoms. The van der Waals surface area contributed by atoms with Gasteiger partial charge in [-0.05, 0) is 35.9 Å². The van der Waals surface area contributed by atoms with Crippen molar-refractivity contribution in [2.24, 2.45) is 0 Å². The van der Waals surface area contributed by atoms with Crippen LogP contribution >= 0.6 is 11.3 Å². The maximum atomic E-state index is 13.4. The molecule has 1 aromatic heterocycles. The van der Waals surface area contributed by atoms with Gasteiger partial charge in [0.1, 0.15) is 10.8 Å². The number of amides is 1. The molecule has 0 bridgehead atoms. The highest BCUT2D eigenvalue weighted by atomic mass is 32.1. The number of ether oxygens (including phenoxy) is 2. The van der Waals surface area contributed by atoms with Gasteiger partial charge in [-0.15, -0.1) is 11.3 Å². The Labute approximate surface area is 209 Å². The predicted molar refractivity (Wildman–Crippen MR) is 140 cm³/mol. The van der Waals surface area contributed by atoms with Gasteiger partial charge < -0.3 is 14.4 Å². The number of thiazole rings is 1. The lowest BCUT2D eigenvalue weighted by Crippen LogP contribution is -2.50. The van der Waals surface area contributed by atoms with Crippen LogP contribution in [-0.4, -0.2) is 67.7 Å². The molecule has 0 N–H and O–H groups in total. The minimum Gasteiger partial charge on any atom is -0.497 e. The quantitative estimate of drug-likeness (QED) is 0.362. The number of fused-ring (bicyclic) bond motifs is 1. The van der Waals surface area contributed by atoms with Crippen molar-refractivity contribution in [1.29, 1.82) is 0 Å². The van der Waals surface area contributed by atoms with Crippen molar-refractivity contribution in [3.63, 3.8) is 0 Å². The molecule has 1 atom stereocenters. The molecule has 2 heterocycles. The lowest BCUT2D eigenvalue weighted by Gasteiger charge is -2.39. The van der Waals surface area contributed by atoms with E-state index in [1.807, 2.05) is 53.4 Å². The Morgan fingerprint density at radius 1 is 0.971 bits per heavy atom. The van der Waals surface area contributed by atoms with Crippen molar-refractivity contribution >= 4 is 27.5 Å². The number of aromatic nitrogens is 1. The highest BCUT2D eigenvalue weighted by Gasteiger charge is 2.27. The fraction of sp³-hybridized carbons (Fsp3) is 0.286. The molecule has 1 fully saturated rings. The van der Waals surface area contributed by atoms with E-state index in [0.717, 1.165) is 39.6 Å². The molecule has 0 radical (unpaired) electrons. The second-order valence-electron chi connectivity index (χ2n) is 8.64. The van der Waals surface area contributed by atoms with Gasteiger partial charge >= 0.3 is 0 Å². The van der Waals surface area contributed by atoms with Crippen LogP contribution in [0, 0.1) is 0 Å². The molecule has 4 aromatic rings. The number of methoxy groups -OCH3 is 2. The van der Waals surface area contributed by atoms with E-state index in [-0.39, 0.29) is 11.9 Å². The second kappa shape index (κ2) is 10.6. The summed E-state index contributed by atoms with van der Waals surface area (Å²) in [6.07, 6.45) is 0. The van der Waals surface area contributed by atoms with Gasteiger partial charge in [-0.3, -0.25) is 9.69 Å². The maximum Gasteiger partial charge on any atom is 0.253 e. The molecular weight excluding hydrogens is 458 g/mol. The molecule has 3 aromatic carbocycles. The van der Waals surface area contributed by atoms with Crippen molar-refractivity contribution in [3.8, 4) is 16.3 Å². The van der Waals surface area contributed by atoms with Crippen LogP contribution in [-0.2, 0) is 4.74 Å². The molecule has 0 aliphatic carbocycles. The lowest BCUT2D eigenvalue weighted by molar-refractivity contribution is 0.0402. The summed E-state index contributed by atoms with van der Waals surface area (Å²) >= 11 is 1.61. The third kappa shape index (κ3) is 5.07. The molecule has 0 saturated carbocycles. The Bertz CT molecular complexity index is 1300. The first-order valence-corrected chi connectivity index (χ1v) is 12.6. The predicted octanol–water partition coefficient (Wildman–Crippen LogP) is 5.12. The zero-order valence-corrected chi connectivity index (χ0v) is 20.8. The number of piperazine rings is 1. The highest BCUT2D eigenvalue weighted by molar-refractivity contribution is 7.21. The number of rotatable bonds is 7. The summed E-state index contributed by atoms with van der Waals surface area (Å²) in [5.74, 6) is 0.882. The first-order valence-electron chi connectivity index (χ1n) is 11.8. The van der Waals surface area contributed by atoms with E-state index in [9.17, 15) is 4.79 Å². The fourth-order valence-electron chi connectivity index (χ4n) is 4.61. The second-order valence-corrected chi connectivity index (χ2v) is 9.67. The van der Waals surface area contributed by atoms with E-state index in [0.29, 0.717) is 25.3 Å². The first kappa shape index (κ1) is 23.5.